The van der Waals surface area contributed by atoms with Crippen LogP contribution in [-0.4, -0.2) is 115 Å². The van der Waals surface area contributed by atoms with Crippen molar-refractivity contribution in [2.75, 3.05) is 51.6 Å². The van der Waals surface area contributed by atoms with Gasteiger partial charge in [0.1, 0.15) is 0 Å². The van der Waals surface area contributed by atoms with Gasteiger partial charge < -0.3 is 29.7 Å². The molecule has 2 N–H and O–H groups in total. The van der Waals surface area contributed by atoms with E-state index in [0.29, 0.717) is 49.4 Å². The summed E-state index contributed by atoms with van der Waals surface area (Å²) in [7, 11) is 3.53. The molecule has 3 amide bonds. The van der Waals surface area contributed by atoms with Crippen molar-refractivity contribution in [3.05, 3.63) is 83.3 Å². The molecule has 0 aliphatic carbocycles. The van der Waals surface area contributed by atoms with Crippen molar-refractivity contribution in [2.24, 2.45) is 13.0 Å². The van der Waals surface area contributed by atoms with Crippen LogP contribution in [0.25, 0.3) is 11.3 Å². The average molecular weight is 738 g/mol. The molecule has 0 saturated carbocycles. The molecule has 4 aromatic rings. The van der Waals surface area contributed by atoms with Crippen molar-refractivity contribution in [3.63, 3.8) is 0 Å². The molecule has 282 valence electrons. The van der Waals surface area contributed by atoms with Gasteiger partial charge in [-0.2, -0.15) is 18.3 Å². The Kier molecular flexibility index (Phi) is 12.3. The molecule has 2 aliphatic rings. The quantitative estimate of drug-likeness (QED) is 0.256. The van der Waals surface area contributed by atoms with E-state index in [1.807, 2.05) is 11.8 Å². The number of piperidine rings is 1. The number of nitrogens with zero attached hydrogens (tertiary/aromatic N) is 8. The van der Waals surface area contributed by atoms with Gasteiger partial charge in [0.2, 0.25) is 5.91 Å². The SMILES string of the molecule is CCc1cc(NC(=O)c2ncc(-c3cn(Cc4cccnc4)nc3C(F)(F)F)n2C)ccc1C(=O)N1CCN(C(=O)C2CCN(C)CC2)CC1.O=CO. The van der Waals surface area contributed by atoms with Gasteiger partial charge in [-0.1, -0.05) is 13.0 Å². The summed E-state index contributed by atoms with van der Waals surface area (Å²) in [4.78, 5) is 62.3. The first kappa shape index (κ1) is 38.6. The number of benzene rings is 1. The summed E-state index contributed by atoms with van der Waals surface area (Å²) in [5.74, 6) is -0.638. The van der Waals surface area contributed by atoms with Gasteiger partial charge in [-0.05, 0) is 74.8 Å². The minimum absolute atomic E-state index is 0.0412. The maximum atomic E-state index is 14.0. The zero-order valence-corrected chi connectivity index (χ0v) is 29.7. The third-order valence-electron chi connectivity index (χ3n) is 9.49. The molecule has 3 aromatic heterocycles. The number of amides is 3. The van der Waals surface area contributed by atoms with Crippen LogP contribution in [0.15, 0.2) is 55.1 Å². The molecule has 0 atom stereocenters. The molecule has 0 unspecified atom stereocenters. The van der Waals surface area contributed by atoms with Crippen molar-refractivity contribution in [1.82, 2.24) is 39.0 Å². The summed E-state index contributed by atoms with van der Waals surface area (Å²) < 4.78 is 44.6. The normalized spacial score (nSPS) is 15.4. The molecular formula is C36H42F3N9O5. The number of halogens is 3. The number of carboxylic acid groups (broad SMARTS) is 1. The Bertz CT molecular complexity index is 1910. The summed E-state index contributed by atoms with van der Waals surface area (Å²) in [6.07, 6.45) is 3.12. The van der Waals surface area contributed by atoms with E-state index in [9.17, 15) is 27.6 Å². The lowest BCUT2D eigenvalue weighted by Crippen LogP contribution is -2.52. The van der Waals surface area contributed by atoms with Crippen molar-refractivity contribution in [3.8, 4) is 11.3 Å². The van der Waals surface area contributed by atoms with E-state index >= 15 is 0 Å². The number of aromatic nitrogens is 5. The number of hydrogen-bond donors (Lipinski definition) is 2. The van der Waals surface area contributed by atoms with Gasteiger partial charge >= 0.3 is 6.18 Å². The van der Waals surface area contributed by atoms with E-state index < -0.39 is 17.8 Å². The van der Waals surface area contributed by atoms with E-state index in [0.717, 1.165) is 31.5 Å². The number of carbonyl (C=O) groups is 4. The summed E-state index contributed by atoms with van der Waals surface area (Å²) in [5.41, 5.74) is 1.12. The molecule has 0 spiro atoms. The molecular weight excluding hydrogens is 695 g/mol. The Balaban J connectivity index is 0.00000175. The van der Waals surface area contributed by atoms with Crippen LogP contribution in [0, 0.1) is 5.92 Å². The van der Waals surface area contributed by atoms with Crippen molar-refractivity contribution < 1.29 is 37.5 Å². The number of nitrogens with one attached hydrogen (secondary N) is 1. The fourth-order valence-corrected chi connectivity index (χ4v) is 6.62. The second-order valence-electron chi connectivity index (χ2n) is 13.0. The molecule has 5 heterocycles. The Morgan fingerprint density at radius 1 is 1.00 bits per heavy atom. The topological polar surface area (TPSA) is 159 Å². The maximum absolute atomic E-state index is 14.0. The molecule has 1 aromatic carbocycles. The summed E-state index contributed by atoms with van der Waals surface area (Å²) in [6.45, 7) is 5.44. The minimum atomic E-state index is -4.74. The third kappa shape index (κ3) is 9.08. The Hall–Kier alpha value is -5.58. The predicted octanol–water partition coefficient (Wildman–Crippen LogP) is 3.89. The Morgan fingerprint density at radius 2 is 1.68 bits per heavy atom. The average Bonchev–Trinajstić information content (AvgIpc) is 3.75. The number of anilines is 1. The maximum Gasteiger partial charge on any atom is 0.435 e. The van der Waals surface area contributed by atoms with Crippen LogP contribution in [0.4, 0.5) is 18.9 Å². The fourth-order valence-electron chi connectivity index (χ4n) is 6.62. The van der Waals surface area contributed by atoms with Gasteiger partial charge in [0.15, 0.2) is 11.5 Å². The van der Waals surface area contributed by atoms with Crippen LogP contribution in [0.2, 0.25) is 0 Å². The number of pyridine rings is 1. The van der Waals surface area contributed by atoms with E-state index in [1.165, 1.54) is 28.7 Å². The third-order valence-corrected chi connectivity index (χ3v) is 9.49. The number of likely N-dealkylation sites (tertiary alicyclic amines) is 1. The van der Waals surface area contributed by atoms with Gasteiger partial charge in [-0.3, -0.25) is 28.8 Å². The summed E-state index contributed by atoms with van der Waals surface area (Å²) in [6, 6.07) is 8.44. The molecule has 0 bridgehead atoms. The lowest BCUT2D eigenvalue weighted by atomic mass is 9.95. The van der Waals surface area contributed by atoms with Gasteiger partial charge in [0.05, 0.1) is 24.0 Å². The van der Waals surface area contributed by atoms with Crippen LogP contribution < -0.4 is 5.32 Å². The summed E-state index contributed by atoms with van der Waals surface area (Å²) in [5, 5.41) is 13.5. The van der Waals surface area contributed by atoms with E-state index in [4.69, 9.17) is 9.90 Å². The second-order valence-corrected chi connectivity index (χ2v) is 13.0. The lowest BCUT2D eigenvalue weighted by molar-refractivity contribution is -0.141. The summed E-state index contributed by atoms with van der Waals surface area (Å²) >= 11 is 0. The van der Waals surface area contributed by atoms with Crippen molar-refractivity contribution in [1.29, 1.82) is 0 Å². The molecule has 2 fully saturated rings. The first-order chi connectivity index (χ1) is 25.3. The number of imidazole rings is 1. The van der Waals surface area contributed by atoms with E-state index in [2.05, 4.69) is 32.3 Å². The molecule has 17 heteroatoms. The first-order valence-corrected chi connectivity index (χ1v) is 17.2. The highest BCUT2D eigenvalue weighted by Crippen LogP contribution is 2.36. The molecule has 6 rings (SSSR count). The number of carbonyl (C=O) groups excluding carboxylic acids is 3. The largest absolute Gasteiger partial charge is 0.483 e. The van der Waals surface area contributed by atoms with E-state index in [-0.39, 0.29) is 47.8 Å². The predicted molar refractivity (Wildman–Crippen MR) is 188 cm³/mol. The van der Waals surface area contributed by atoms with Crippen LogP contribution in [0.1, 0.15) is 57.6 Å². The van der Waals surface area contributed by atoms with Gasteiger partial charge in [-0.15, -0.1) is 0 Å². The zero-order chi connectivity index (χ0) is 38.3. The number of hydrogen-bond acceptors (Lipinski definition) is 8. The highest BCUT2D eigenvalue weighted by Gasteiger charge is 2.39. The smallest absolute Gasteiger partial charge is 0.435 e. The number of alkyl halides is 3. The molecule has 14 nitrogen and oxygen atoms in total. The lowest BCUT2D eigenvalue weighted by Gasteiger charge is -2.38. The van der Waals surface area contributed by atoms with Crippen LogP contribution in [0.5, 0.6) is 0 Å². The number of aryl methyl sites for hydroxylation is 1. The monoisotopic (exact) mass is 737 g/mol. The second kappa shape index (κ2) is 16.8. The molecule has 2 aliphatic heterocycles. The van der Waals surface area contributed by atoms with Crippen molar-refractivity contribution >= 4 is 29.9 Å². The molecule has 0 radical (unpaired) electrons. The Morgan fingerprint density at radius 3 is 2.30 bits per heavy atom. The van der Waals surface area contributed by atoms with Gasteiger partial charge in [0, 0.05) is 69.0 Å². The van der Waals surface area contributed by atoms with Gasteiger partial charge in [0.25, 0.3) is 18.3 Å². The van der Waals surface area contributed by atoms with E-state index in [1.54, 1.807) is 47.6 Å². The van der Waals surface area contributed by atoms with Crippen LogP contribution >= 0.6 is 0 Å². The molecule has 2 saturated heterocycles. The standard InChI is InChI=1S/C35H40F3N9O3.CH2O2/c1-4-24-18-26(7-8-27(24)34(50)46-16-14-45(15-17-46)33(49)25-9-12-43(2)13-10-25)41-32(48)31-40-20-29(44(31)3)28-22-47(42-30(28)35(36,37)38)21-23-6-5-11-39-19-23;2-1-3/h5-8,11,18-20,22,25H,4,9-10,12-17,21H2,1-3H3,(H,41,48);1H,(H,2,3). The van der Waals surface area contributed by atoms with Crippen LogP contribution in [0.3, 0.4) is 0 Å². The van der Waals surface area contributed by atoms with Crippen LogP contribution in [-0.2, 0) is 35.8 Å². The number of rotatable bonds is 8. The Labute approximate surface area is 304 Å². The minimum Gasteiger partial charge on any atom is -0.483 e. The van der Waals surface area contributed by atoms with Crippen molar-refractivity contribution in [2.45, 2.75) is 38.9 Å². The van der Waals surface area contributed by atoms with Gasteiger partial charge in [-0.25, -0.2) is 4.98 Å². The fraction of sp³-hybridized carbons (Fsp3) is 0.417. The molecule has 53 heavy (non-hydrogen) atoms. The number of piperazine rings is 1. The highest BCUT2D eigenvalue weighted by atomic mass is 19.4. The first-order valence-electron chi connectivity index (χ1n) is 17.2. The zero-order valence-electron chi connectivity index (χ0n) is 29.7. The highest BCUT2D eigenvalue weighted by molar-refractivity contribution is 6.03.